The SMILES string of the molecule is Cc1ccc(F)cc1OC(C)CCC(=O)O. The topological polar surface area (TPSA) is 46.5 Å². The first-order valence-corrected chi connectivity index (χ1v) is 5.13. The molecule has 0 bridgehead atoms. The number of carboxylic acid groups (broad SMARTS) is 1. The van der Waals surface area contributed by atoms with Gasteiger partial charge < -0.3 is 9.84 Å². The van der Waals surface area contributed by atoms with Gasteiger partial charge in [-0.25, -0.2) is 4.39 Å². The third-order valence-electron chi connectivity index (χ3n) is 2.24. The van der Waals surface area contributed by atoms with E-state index in [2.05, 4.69) is 0 Å². The highest BCUT2D eigenvalue weighted by Gasteiger charge is 2.09. The fourth-order valence-corrected chi connectivity index (χ4v) is 1.30. The minimum absolute atomic E-state index is 0.0511. The van der Waals surface area contributed by atoms with Gasteiger partial charge in [-0.05, 0) is 31.9 Å². The highest BCUT2D eigenvalue weighted by Crippen LogP contribution is 2.21. The van der Waals surface area contributed by atoms with Crippen molar-refractivity contribution in [1.82, 2.24) is 0 Å². The Morgan fingerprint density at radius 2 is 2.25 bits per heavy atom. The molecule has 1 unspecified atom stereocenters. The Kier molecular flexibility index (Phi) is 4.28. The average molecular weight is 226 g/mol. The maximum absolute atomic E-state index is 12.9. The summed E-state index contributed by atoms with van der Waals surface area (Å²) >= 11 is 0. The fraction of sp³-hybridized carbons (Fsp3) is 0.417. The molecule has 0 amide bonds. The Hall–Kier alpha value is -1.58. The Labute approximate surface area is 93.9 Å². The van der Waals surface area contributed by atoms with Crippen LogP contribution >= 0.6 is 0 Å². The lowest BCUT2D eigenvalue weighted by Gasteiger charge is -2.15. The molecule has 0 heterocycles. The lowest BCUT2D eigenvalue weighted by Crippen LogP contribution is -2.14. The third-order valence-corrected chi connectivity index (χ3v) is 2.24. The van der Waals surface area contributed by atoms with Crippen LogP contribution in [-0.4, -0.2) is 17.2 Å². The second-order valence-electron chi connectivity index (χ2n) is 3.77. The van der Waals surface area contributed by atoms with Gasteiger partial charge in [0.1, 0.15) is 11.6 Å². The molecule has 3 nitrogen and oxygen atoms in total. The highest BCUT2D eigenvalue weighted by molar-refractivity contribution is 5.66. The van der Waals surface area contributed by atoms with Crippen molar-refractivity contribution < 1.29 is 19.0 Å². The smallest absolute Gasteiger partial charge is 0.303 e. The van der Waals surface area contributed by atoms with Crippen molar-refractivity contribution in [3.63, 3.8) is 0 Å². The summed E-state index contributed by atoms with van der Waals surface area (Å²) in [7, 11) is 0. The second-order valence-corrected chi connectivity index (χ2v) is 3.77. The van der Waals surface area contributed by atoms with Crippen LogP contribution in [0.2, 0.25) is 0 Å². The van der Waals surface area contributed by atoms with E-state index in [9.17, 15) is 9.18 Å². The summed E-state index contributed by atoms with van der Waals surface area (Å²) in [5.41, 5.74) is 0.837. The number of benzene rings is 1. The van der Waals surface area contributed by atoms with E-state index in [4.69, 9.17) is 9.84 Å². The van der Waals surface area contributed by atoms with Crippen LogP contribution in [-0.2, 0) is 4.79 Å². The minimum atomic E-state index is -0.855. The number of hydrogen-bond donors (Lipinski definition) is 1. The van der Waals surface area contributed by atoms with Crippen LogP contribution in [0.4, 0.5) is 4.39 Å². The quantitative estimate of drug-likeness (QED) is 0.839. The molecule has 1 rings (SSSR count). The van der Waals surface area contributed by atoms with Crippen LogP contribution in [0.1, 0.15) is 25.3 Å². The number of aliphatic carboxylic acids is 1. The first-order chi connectivity index (χ1) is 7.49. The van der Waals surface area contributed by atoms with E-state index in [-0.39, 0.29) is 18.3 Å². The molecule has 1 atom stereocenters. The van der Waals surface area contributed by atoms with Crippen molar-refractivity contribution in [3.05, 3.63) is 29.6 Å². The molecule has 0 aromatic heterocycles. The molecule has 1 N–H and O–H groups in total. The van der Waals surface area contributed by atoms with Crippen molar-refractivity contribution in [3.8, 4) is 5.75 Å². The molecule has 16 heavy (non-hydrogen) atoms. The van der Waals surface area contributed by atoms with Crippen molar-refractivity contribution >= 4 is 5.97 Å². The summed E-state index contributed by atoms with van der Waals surface area (Å²) in [4.78, 5) is 10.4. The molecular weight excluding hydrogens is 211 g/mol. The maximum Gasteiger partial charge on any atom is 0.303 e. The second kappa shape index (κ2) is 5.49. The van der Waals surface area contributed by atoms with E-state index >= 15 is 0 Å². The molecule has 4 heteroatoms. The average Bonchev–Trinajstić information content (AvgIpc) is 2.20. The van der Waals surface area contributed by atoms with Crippen molar-refractivity contribution in [1.29, 1.82) is 0 Å². The molecule has 88 valence electrons. The van der Waals surface area contributed by atoms with Crippen molar-refractivity contribution in [2.24, 2.45) is 0 Å². The number of halogens is 1. The summed E-state index contributed by atoms with van der Waals surface area (Å²) in [6.07, 6.45) is 0.220. The predicted molar refractivity (Wildman–Crippen MR) is 58.1 cm³/mol. The summed E-state index contributed by atoms with van der Waals surface area (Å²) in [5.74, 6) is -0.740. The lowest BCUT2D eigenvalue weighted by atomic mass is 10.2. The standard InChI is InChI=1S/C12H15FO3/c1-8-3-5-10(13)7-11(8)16-9(2)4-6-12(14)15/h3,5,7,9H,4,6H2,1-2H3,(H,14,15). The van der Waals surface area contributed by atoms with Gasteiger partial charge in [-0.2, -0.15) is 0 Å². The van der Waals surface area contributed by atoms with Gasteiger partial charge in [-0.15, -0.1) is 0 Å². The van der Waals surface area contributed by atoms with E-state index in [1.807, 2.05) is 6.92 Å². The van der Waals surface area contributed by atoms with Crippen LogP contribution in [0, 0.1) is 12.7 Å². The zero-order valence-electron chi connectivity index (χ0n) is 9.37. The van der Waals surface area contributed by atoms with Gasteiger partial charge in [0, 0.05) is 12.5 Å². The molecule has 0 radical (unpaired) electrons. The molecule has 1 aromatic carbocycles. The molecule has 0 spiro atoms. The lowest BCUT2D eigenvalue weighted by molar-refractivity contribution is -0.137. The number of ether oxygens (including phenoxy) is 1. The van der Waals surface area contributed by atoms with Crippen LogP contribution in [0.3, 0.4) is 0 Å². The summed E-state index contributed by atoms with van der Waals surface area (Å²) in [6.45, 7) is 3.59. The third kappa shape index (κ3) is 3.88. The monoisotopic (exact) mass is 226 g/mol. The number of rotatable bonds is 5. The van der Waals surface area contributed by atoms with E-state index in [0.29, 0.717) is 12.2 Å². The van der Waals surface area contributed by atoms with Crippen LogP contribution in [0.5, 0.6) is 5.75 Å². The summed E-state index contributed by atoms with van der Waals surface area (Å²) in [5, 5.41) is 8.51. The maximum atomic E-state index is 12.9. The van der Waals surface area contributed by atoms with E-state index < -0.39 is 5.97 Å². The zero-order valence-corrected chi connectivity index (χ0v) is 9.37. The molecule has 0 aliphatic rings. The Balaban J connectivity index is 2.58. The van der Waals surface area contributed by atoms with E-state index in [1.54, 1.807) is 13.0 Å². The van der Waals surface area contributed by atoms with Gasteiger partial charge in [0.25, 0.3) is 0 Å². The first-order valence-electron chi connectivity index (χ1n) is 5.13. The normalized spacial score (nSPS) is 12.2. The van der Waals surface area contributed by atoms with Gasteiger partial charge in [-0.3, -0.25) is 4.79 Å². The minimum Gasteiger partial charge on any atom is -0.490 e. The molecular formula is C12H15FO3. The fourth-order valence-electron chi connectivity index (χ4n) is 1.30. The summed E-state index contributed by atoms with van der Waals surface area (Å²) < 4.78 is 18.4. The Bertz CT molecular complexity index is 377. The molecule has 0 aliphatic heterocycles. The van der Waals surface area contributed by atoms with Crippen molar-refractivity contribution in [2.45, 2.75) is 32.8 Å². The van der Waals surface area contributed by atoms with Gasteiger partial charge in [-0.1, -0.05) is 6.07 Å². The molecule has 1 aromatic rings. The largest absolute Gasteiger partial charge is 0.490 e. The van der Waals surface area contributed by atoms with Crippen LogP contribution < -0.4 is 4.74 Å². The van der Waals surface area contributed by atoms with Crippen molar-refractivity contribution in [2.75, 3.05) is 0 Å². The zero-order chi connectivity index (χ0) is 12.1. The molecule has 0 saturated carbocycles. The first kappa shape index (κ1) is 12.5. The summed E-state index contributed by atoms with van der Waals surface area (Å²) in [6, 6.07) is 4.31. The Morgan fingerprint density at radius 3 is 2.88 bits per heavy atom. The highest BCUT2D eigenvalue weighted by atomic mass is 19.1. The number of carbonyl (C=O) groups is 1. The van der Waals surface area contributed by atoms with E-state index in [1.165, 1.54) is 12.1 Å². The van der Waals surface area contributed by atoms with Crippen LogP contribution in [0.15, 0.2) is 18.2 Å². The Morgan fingerprint density at radius 1 is 1.56 bits per heavy atom. The van der Waals surface area contributed by atoms with Crippen LogP contribution in [0.25, 0.3) is 0 Å². The van der Waals surface area contributed by atoms with Gasteiger partial charge in [0.2, 0.25) is 0 Å². The number of aryl methyl sites for hydroxylation is 1. The number of carboxylic acids is 1. The predicted octanol–water partition coefficient (Wildman–Crippen LogP) is 2.77. The van der Waals surface area contributed by atoms with Gasteiger partial charge in [0.15, 0.2) is 0 Å². The molecule has 0 fully saturated rings. The molecule has 0 aliphatic carbocycles. The molecule has 0 saturated heterocycles. The number of hydrogen-bond acceptors (Lipinski definition) is 2. The van der Waals surface area contributed by atoms with Gasteiger partial charge >= 0.3 is 5.97 Å². The van der Waals surface area contributed by atoms with E-state index in [0.717, 1.165) is 5.56 Å². The van der Waals surface area contributed by atoms with Gasteiger partial charge in [0.05, 0.1) is 6.10 Å².